The van der Waals surface area contributed by atoms with E-state index in [0.29, 0.717) is 46.6 Å². The molecule has 5 rings (SSSR count). The molecule has 2 aromatic heterocycles. The molecule has 1 aromatic carbocycles. The van der Waals surface area contributed by atoms with Crippen LogP contribution in [0.15, 0.2) is 36.8 Å². The monoisotopic (exact) mass is 586 g/mol. The van der Waals surface area contributed by atoms with Gasteiger partial charge >= 0.3 is 5.97 Å². The van der Waals surface area contributed by atoms with Gasteiger partial charge in [-0.1, -0.05) is 29.3 Å². The first-order valence-electron chi connectivity index (χ1n) is 13.4. The van der Waals surface area contributed by atoms with Crippen LogP contribution in [0.2, 0.25) is 10.0 Å². The number of rotatable bonds is 9. The second-order valence-electron chi connectivity index (χ2n) is 10.1. The van der Waals surface area contributed by atoms with E-state index in [1.54, 1.807) is 36.8 Å². The zero-order chi connectivity index (χ0) is 28.1. The maximum Gasteiger partial charge on any atom is 0.323 e. The van der Waals surface area contributed by atoms with Gasteiger partial charge in [-0.2, -0.15) is 5.10 Å². The number of ether oxygens (including phenoxy) is 1. The fourth-order valence-corrected chi connectivity index (χ4v) is 5.56. The number of piperidine rings is 1. The van der Waals surface area contributed by atoms with Crippen LogP contribution < -0.4 is 21.7 Å². The summed E-state index contributed by atoms with van der Waals surface area (Å²) in [4.78, 5) is 34.1. The van der Waals surface area contributed by atoms with Crippen molar-refractivity contribution in [2.75, 3.05) is 17.6 Å². The Balaban J connectivity index is 1.15. The number of hydrogen-bond donors (Lipinski definition) is 4. The standard InChI is InChI=1S/C27H32Cl2N8O3/c28-20-6-3-7-21(29)19(20)12-33-26-25(30)32-13-23(36-26)16-11-34-37(14-16)15-24(38)35-17-8-9-31-22(10-17)27(39)40-18-4-1-2-5-18/h3,6-7,11,13-14,17-18,22,31H,1-2,4-5,8-10,12,15H2,(H2,30,32)(H,33,36)(H,35,38)/t17?,22-/m1/s1. The SMILES string of the molecule is Nc1ncc(-c2cnn(CC(=O)NC3CCN[C@@H](C(=O)OC4CCCC4)C3)c2)nc1NCc1c(Cl)cccc1Cl. The van der Waals surface area contributed by atoms with Crippen LogP contribution in [-0.4, -0.2) is 56.4 Å². The third kappa shape index (κ3) is 7.01. The molecule has 1 unspecified atom stereocenters. The second-order valence-corrected chi connectivity index (χ2v) is 10.9. The number of hydrogen-bond acceptors (Lipinski definition) is 9. The summed E-state index contributed by atoms with van der Waals surface area (Å²) in [5, 5.41) is 14.8. The first-order valence-corrected chi connectivity index (χ1v) is 14.2. The van der Waals surface area contributed by atoms with Gasteiger partial charge in [0.2, 0.25) is 5.91 Å². The van der Waals surface area contributed by atoms with E-state index in [2.05, 4.69) is 31.0 Å². The summed E-state index contributed by atoms with van der Waals surface area (Å²) < 4.78 is 7.18. The highest BCUT2D eigenvalue weighted by atomic mass is 35.5. The maximum absolute atomic E-state index is 12.8. The van der Waals surface area contributed by atoms with Gasteiger partial charge in [-0.25, -0.2) is 9.97 Å². The predicted octanol–water partition coefficient (Wildman–Crippen LogP) is 3.56. The van der Waals surface area contributed by atoms with E-state index >= 15 is 0 Å². The Hall–Kier alpha value is -3.41. The van der Waals surface area contributed by atoms with Crippen molar-refractivity contribution >= 4 is 46.7 Å². The number of carbonyl (C=O) groups excluding carboxylic acids is 2. The minimum Gasteiger partial charge on any atom is -0.461 e. The molecule has 2 aliphatic rings. The number of nitrogens with one attached hydrogen (secondary N) is 3. The number of aromatic nitrogens is 4. The lowest BCUT2D eigenvalue weighted by Gasteiger charge is -2.30. The molecule has 0 radical (unpaired) electrons. The van der Waals surface area contributed by atoms with Gasteiger partial charge in [0.15, 0.2) is 11.6 Å². The molecule has 1 saturated carbocycles. The van der Waals surface area contributed by atoms with Gasteiger partial charge < -0.3 is 26.4 Å². The molecule has 2 fully saturated rings. The van der Waals surface area contributed by atoms with Gasteiger partial charge in [-0.15, -0.1) is 0 Å². The van der Waals surface area contributed by atoms with Gasteiger partial charge in [-0.3, -0.25) is 14.3 Å². The van der Waals surface area contributed by atoms with Crippen molar-refractivity contribution in [3.63, 3.8) is 0 Å². The molecule has 13 heteroatoms. The summed E-state index contributed by atoms with van der Waals surface area (Å²) in [5.41, 5.74) is 7.97. The molecule has 1 saturated heterocycles. The molecular weight excluding hydrogens is 555 g/mol. The highest BCUT2D eigenvalue weighted by molar-refractivity contribution is 6.36. The third-order valence-corrected chi connectivity index (χ3v) is 7.88. The molecule has 0 bridgehead atoms. The average Bonchev–Trinajstić information content (AvgIpc) is 3.62. The summed E-state index contributed by atoms with van der Waals surface area (Å²) in [6.07, 6.45) is 10.2. The van der Waals surface area contributed by atoms with E-state index in [-0.39, 0.29) is 36.4 Å². The molecular formula is C27H32Cl2N8O3. The molecule has 1 amide bonds. The summed E-state index contributed by atoms with van der Waals surface area (Å²) in [6, 6.07) is 4.77. The molecule has 212 valence electrons. The number of esters is 1. The predicted molar refractivity (Wildman–Crippen MR) is 153 cm³/mol. The Morgan fingerprint density at radius 1 is 1.15 bits per heavy atom. The van der Waals surface area contributed by atoms with E-state index in [1.807, 2.05) is 0 Å². The topological polar surface area (TPSA) is 149 Å². The zero-order valence-electron chi connectivity index (χ0n) is 21.9. The minimum absolute atomic E-state index is 0.0248. The molecule has 1 aliphatic heterocycles. The van der Waals surface area contributed by atoms with E-state index < -0.39 is 6.04 Å². The highest BCUT2D eigenvalue weighted by Crippen LogP contribution is 2.27. The number of nitrogens with two attached hydrogens (primary N) is 1. The maximum atomic E-state index is 12.8. The third-order valence-electron chi connectivity index (χ3n) is 7.17. The van der Waals surface area contributed by atoms with Gasteiger partial charge in [-0.05, 0) is 57.2 Å². The summed E-state index contributed by atoms with van der Waals surface area (Å²) in [6.45, 7) is 0.978. The van der Waals surface area contributed by atoms with Crippen LogP contribution in [-0.2, 0) is 27.4 Å². The van der Waals surface area contributed by atoms with Gasteiger partial charge in [0.05, 0.1) is 18.1 Å². The number of amides is 1. The fraction of sp³-hybridized carbons (Fsp3) is 0.444. The van der Waals surface area contributed by atoms with Crippen LogP contribution in [0.4, 0.5) is 11.6 Å². The Morgan fingerprint density at radius 3 is 2.70 bits per heavy atom. The van der Waals surface area contributed by atoms with Crippen LogP contribution in [0, 0.1) is 0 Å². The molecule has 5 N–H and O–H groups in total. The Bertz CT molecular complexity index is 1340. The van der Waals surface area contributed by atoms with E-state index in [0.717, 1.165) is 37.7 Å². The van der Waals surface area contributed by atoms with Crippen molar-refractivity contribution in [3.05, 3.63) is 52.4 Å². The van der Waals surface area contributed by atoms with Gasteiger partial charge in [0.1, 0.15) is 18.7 Å². The number of carbonyl (C=O) groups is 2. The quantitative estimate of drug-likeness (QED) is 0.276. The van der Waals surface area contributed by atoms with Crippen molar-refractivity contribution in [1.82, 2.24) is 30.4 Å². The number of nitrogen functional groups attached to an aromatic ring is 1. The Morgan fingerprint density at radius 2 is 1.93 bits per heavy atom. The van der Waals surface area contributed by atoms with Crippen molar-refractivity contribution < 1.29 is 14.3 Å². The molecule has 2 atom stereocenters. The van der Waals surface area contributed by atoms with Crippen LogP contribution in [0.1, 0.15) is 44.1 Å². The average molecular weight is 588 g/mol. The minimum atomic E-state index is -0.406. The first-order chi connectivity index (χ1) is 19.4. The van der Waals surface area contributed by atoms with Crippen LogP contribution in [0.5, 0.6) is 0 Å². The molecule has 0 spiro atoms. The Labute approximate surface area is 242 Å². The second kappa shape index (κ2) is 12.8. The summed E-state index contributed by atoms with van der Waals surface area (Å²) in [7, 11) is 0. The first kappa shape index (κ1) is 28.1. The lowest BCUT2D eigenvalue weighted by molar-refractivity contribution is -0.152. The van der Waals surface area contributed by atoms with E-state index in [9.17, 15) is 9.59 Å². The fourth-order valence-electron chi connectivity index (χ4n) is 5.02. The van der Waals surface area contributed by atoms with E-state index in [1.165, 1.54) is 4.68 Å². The lowest BCUT2D eigenvalue weighted by atomic mass is 9.99. The van der Waals surface area contributed by atoms with Crippen molar-refractivity contribution in [2.24, 2.45) is 0 Å². The number of benzene rings is 1. The smallest absolute Gasteiger partial charge is 0.323 e. The van der Waals surface area contributed by atoms with Gasteiger partial charge in [0.25, 0.3) is 0 Å². The van der Waals surface area contributed by atoms with Crippen LogP contribution in [0.3, 0.4) is 0 Å². The zero-order valence-corrected chi connectivity index (χ0v) is 23.4. The normalized spacial score (nSPS) is 19.4. The highest BCUT2D eigenvalue weighted by Gasteiger charge is 2.31. The molecule has 3 aromatic rings. The van der Waals surface area contributed by atoms with Crippen LogP contribution in [0.25, 0.3) is 11.3 Å². The largest absolute Gasteiger partial charge is 0.461 e. The van der Waals surface area contributed by atoms with Crippen LogP contribution >= 0.6 is 23.2 Å². The molecule has 11 nitrogen and oxygen atoms in total. The van der Waals surface area contributed by atoms with E-state index in [4.69, 9.17) is 33.7 Å². The van der Waals surface area contributed by atoms with Crippen molar-refractivity contribution in [1.29, 1.82) is 0 Å². The summed E-state index contributed by atoms with van der Waals surface area (Å²) in [5.74, 6) is 0.194. The molecule has 3 heterocycles. The Kier molecular flexibility index (Phi) is 9.03. The van der Waals surface area contributed by atoms with Crippen molar-refractivity contribution in [2.45, 2.75) is 69.8 Å². The van der Waals surface area contributed by atoms with Gasteiger partial charge in [0, 0.05) is 40.0 Å². The molecule has 1 aliphatic carbocycles. The summed E-state index contributed by atoms with van der Waals surface area (Å²) >= 11 is 12.5. The number of anilines is 2. The van der Waals surface area contributed by atoms with Crippen molar-refractivity contribution in [3.8, 4) is 11.3 Å². The number of halogens is 2. The molecule has 40 heavy (non-hydrogen) atoms. The lowest BCUT2D eigenvalue weighted by Crippen LogP contribution is -2.52. The number of nitrogens with zero attached hydrogens (tertiary/aromatic N) is 4.